The molecule has 5 nitrogen and oxygen atoms in total. The molecule has 1 amide bonds. The van der Waals surface area contributed by atoms with Crippen LogP contribution in [-0.2, 0) is 16.0 Å². The standard InChI is InChI=1S/C24H23NO4/c1-28-21-14-8-17(9-15-21)16-22(24(27)29-2)25-23(26)20-12-10-19(11-13-20)18-6-4-3-5-7-18/h3-15,22H,16H2,1-2H3,(H,25,26)/t22-/m1/s1. The molecule has 0 fully saturated rings. The van der Waals surface area contributed by atoms with Crippen molar-refractivity contribution in [3.63, 3.8) is 0 Å². The third kappa shape index (κ3) is 5.23. The molecule has 0 spiro atoms. The van der Waals surface area contributed by atoms with Gasteiger partial charge in [-0.15, -0.1) is 0 Å². The van der Waals surface area contributed by atoms with Crippen LogP contribution in [0.25, 0.3) is 11.1 Å². The van der Waals surface area contributed by atoms with E-state index in [1.807, 2.05) is 66.7 Å². The number of hydrogen-bond donors (Lipinski definition) is 1. The van der Waals surface area contributed by atoms with Crippen molar-refractivity contribution in [1.82, 2.24) is 5.32 Å². The lowest BCUT2D eigenvalue weighted by molar-refractivity contribution is -0.142. The quantitative estimate of drug-likeness (QED) is 0.623. The molecule has 0 aliphatic heterocycles. The Hall–Kier alpha value is -3.60. The molecule has 0 saturated carbocycles. The number of hydrogen-bond acceptors (Lipinski definition) is 4. The van der Waals surface area contributed by atoms with Crippen molar-refractivity contribution < 1.29 is 19.1 Å². The Morgan fingerprint density at radius 2 is 1.45 bits per heavy atom. The highest BCUT2D eigenvalue weighted by Crippen LogP contribution is 2.19. The van der Waals surface area contributed by atoms with Gasteiger partial charge in [0.05, 0.1) is 14.2 Å². The summed E-state index contributed by atoms with van der Waals surface area (Å²) in [7, 11) is 2.90. The summed E-state index contributed by atoms with van der Waals surface area (Å²) >= 11 is 0. The van der Waals surface area contributed by atoms with E-state index in [9.17, 15) is 9.59 Å². The van der Waals surface area contributed by atoms with Crippen LogP contribution < -0.4 is 10.1 Å². The van der Waals surface area contributed by atoms with Gasteiger partial charge in [0.25, 0.3) is 5.91 Å². The zero-order valence-electron chi connectivity index (χ0n) is 16.4. The fourth-order valence-corrected chi connectivity index (χ4v) is 3.02. The van der Waals surface area contributed by atoms with Crippen molar-refractivity contribution in [3.8, 4) is 16.9 Å². The number of nitrogens with one attached hydrogen (secondary N) is 1. The fraction of sp³-hybridized carbons (Fsp3) is 0.167. The van der Waals surface area contributed by atoms with Crippen LogP contribution in [-0.4, -0.2) is 32.1 Å². The first-order valence-corrected chi connectivity index (χ1v) is 9.28. The molecule has 0 aliphatic rings. The second-order valence-corrected chi connectivity index (χ2v) is 6.54. The summed E-state index contributed by atoms with van der Waals surface area (Å²) in [4.78, 5) is 24.9. The number of carbonyl (C=O) groups excluding carboxylic acids is 2. The van der Waals surface area contributed by atoms with Gasteiger partial charge in [-0.1, -0.05) is 54.6 Å². The van der Waals surface area contributed by atoms with Gasteiger partial charge >= 0.3 is 5.97 Å². The summed E-state index contributed by atoms with van der Waals surface area (Å²) in [5.41, 5.74) is 3.46. The van der Waals surface area contributed by atoms with Crippen LogP contribution >= 0.6 is 0 Å². The molecule has 5 heteroatoms. The Labute approximate surface area is 170 Å². The van der Waals surface area contributed by atoms with Crippen LogP contribution in [0.5, 0.6) is 5.75 Å². The lowest BCUT2D eigenvalue weighted by Crippen LogP contribution is -2.43. The molecule has 0 saturated heterocycles. The summed E-state index contributed by atoms with van der Waals surface area (Å²) in [6.45, 7) is 0. The highest BCUT2D eigenvalue weighted by molar-refractivity contribution is 5.97. The molecule has 0 unspecified atom stereocenters. The molecule has 0 heterocycles. The Morgan fingerprint density at radius 1 is 0.828 bits per heavy atom. The van der Waals surface area contributed by atoms with Gasteiger partial charge in [0.1, 0.15) is 11.8 Å². The van der Waals surface area contributed by atoms with Gasteiger partial charge in [0.15, 0.2) is 0 Å². The second kappa shape index (κ2) is 9.55. The summed E-state index contributed by atoms with van der Waals surface area (Å²) < 4.78 is 10.0. The predicted molar refractivity (Wildman–Crippen MR) is 112 cm³/mol. The van der Waals surface area contributed by atoms with E-state index in [1.165, 1.54) is 7.11 Å². The zero-order chi connectivity index (χ0) is 20.6. The SMILES string of the molecule is COC(=O)[C@@H](Cc1ccc(OC)cc1)NC(=O)c1ccc(-c2ccccc2)cc1. The number of benzene rings is 3. The summed E-state index contributed by atoms with van der Waals surface area (Å²) in [6, 6.07) is 23.8. The van der Waals surface area contributed by atoms with Crippen LogP contribution in [0.3, 0.4) is 0 Å². The van der Waals surface area contributed by atoms with Crippen molar-refractivity contribution in [2.24, 2.45) is 0 Å². The third-order valence-electron chi connectivity index (χ3n) is 4.64. The maximum absolute atomic E-state index is 12.7. The number of rotatable bonds is 7. The molecule has 0 radical (unpaired) electrons. The fourth-order valence-electron chi connectivity index (χ4n) is 3.02. The van der Waals surface area contributed by atoms with Gasteiger partial charge in [-0.05, 0) is 41.0 Å². The summed E-state index contributed by atoms with van der Waals surface area (Å²) in [5.74, 6) is -0.0884. The Morgan fingerprint density at radius 3 is 2.03 bits per heavy atom. The van der Waals surface area contributed by atoms with E-state index in [4.69, 9.17) is 9.47 Å². The van der Waals surface area contributed by atoms with Gasteiger partial charge in [-0.2, -0.15) is 0 Å². The Bertz CT molecular complexity index is 950. The van der Waals surface area contributed by atoms with E-state index < -0.39 is 12.0 Å². The smallest absolute Gasteiger partial charge is 0.328 e. The highest BCUT2D eigenvalue weighted by Gasteiger charge is 2.22. The maximum Gasteiger partial charge on any atom is 0.328 e. The molecule has 1 atom stereocenters. The van der Waals surface area contributed by atoms with Gasteiger partial charge in [-0.25, -0.2) is 4.79 Å². The van der Waals surface area contributed by atoms with Crippen LogP contribution in [0.4, 0.5) is 0 Å². The Kier molecular flexibility index (Phi) is 6.63. The monoisotopic (exact) mass is 389 g/mol. The number of esters is 1. The first kappa shape index (κ1) is 20.1. The summed E-state index contributed by atoms with van der Waals surface area (Å²) in [6.07, 6.45) is 0.324. The van der Waals surface area contributed by atoms with E-state index in [0.717, 1.165) is 22.4 Å². The lowest BCUT2D eigenvalue weighted by atomic mass is 10.0. The second-order valence-electron chi connectivity index (χ2n) is 6.54. The minimum absolute atomic E-state index is 0.324. The molecule has 0 aromatic heterocycles. The van der Waals surface area contributed by atoms with E-state index in [1.54, 1.807) is 19.2 Å². The van der Waals surface area contributed by atoms with Crippen LogP contribution in [0.1, 0.15) is 15.9 Å². The molecule has 0 aliphatic carbocycles. The van der Waals surface area contributed by atoms with E-state index in [0.29, 0.717) is 12.0 Å². The number of methoxy groups -OCH3 is 2. The van der Waals surface area contributed by atoms with Crippen LogP contribution in [0, 0.1) is 0 Å². The van der Waals surface area contributed by atoms with Gasteiger partial charge in [-0.3, -0.25) is 4.79 Å². The molecule has 148 valence electrons. The highest BCUT2D eigenvalue weighted by atomic mass is 16.5. The minimum Gasteiger partial charge on any atom is -0.497 e. The average Bonchev–Trinajstić information content (AvgIpc) is 2.79. The number of carbonyl (C=O) groups is 2. The maximum atomic E-state index is 12.7. The molecule has 1 N–H and O–H groups in total. The zero-order valence-corrected chi connectivity index (χ0v) is 16.4. The molecule has 3 aromatic rings. The predicted octanol–water partition coefficient (Wildman–Crippen LogP) is 3.88. The van der Waals surface area contributed by atoms with Crippen LogP contribution in [0.2, 0.25) is 0 Å². The van der Waals surface area contributed by atoms with Crippen molar-refractivity contribution in [2.45, 2.75) is 12.5 Å². The van der Waals surface area contributed by atoms with Gasteiger partial charge in [0, 0.05) is 12.0 Å². The molecule has 3 rings (SSSR count). The van der Waals surface area contributed by atoms with Gasteiger partial charge in [0.2, 0.25) is 0 Å². The lowest BCUT2D eigenvalue weighted by Gasteiger charge is -2.17. The number of amides is 1. The average molecular weight is 389 g/mol. The molecule has 0 bridgehead atoms. The normalized spacial score (nSPS) is 11.4. The Balaban J connectivity index is 1.71. The molecular formula is C24H23NO4. The third-order valence-corrected chi connectivity index (χ3v) is 4.64. The topological polar surface area (TPSA) is 64.6 Å². The van der Waals surface area contributed by atoms with Crippen LogP contribution in [0.15, 0.2) is 78.9 Å². The largest absolute Gasteiger partial charge is 0.497 e. The molecule has 3 aromatic carbocycles. The molecule has 29 heavy (non-hydrogen) atoms. The summed E-state index contributed by atoms with van der Waals surface area (Å²) in [5, 5.41) is 2.78. The van der Waals surface area contributed by atoms with Crippen molar-refractivity contribution >= 4 is 11.9 Å². The van der Waals surface area contributed by atoms with Gasteiger partial charge < -0.3 is 14.8 Å². The minimum atomic E-state index is -0.783. The van der Waals surface area contributed by atoms with E-state index >= 15 is 0 Å². The van der Waals surface area contributed by atoms with E-state index in [-0.39, 0.29) is 5.91 Å². The molecular weight excluding hydrogens is 366 g/mol. The van der Waals surface area contributed by atoms with Crippen molar-refractivity contribution in [1.29, 1.82) is 0 Å². The first-order valence-electron chi connectivity index (χ1n) is 9.28. The number of ether oxygens (including phenoxy) is 2. The van der Waals surface area contributed by atoms with Crippen molar-refractivity contribution in [2.75, 3.05) is 14.2 Å². The van der Waals surface area contributed by atoms with E-state index in [2.05, 4.69) is 5.32 Å². The van der Waals surface area contributed by atoms with Crippen molar-refractivity contribution in [3.05, 3.63) is 90.0 Å². The first-order chi connectivity index (χ1) is 14.1.